The summed E-state index contributed by atoms with van der Waals surface area (Å²) in [7, 11) is 2.14. The van der Waals surface area contributed by atoms with E-state index in [1.165, 1.54) is 83.7 Å². The van der Waals surface area contributed by atoms with Crippen LogP contribution >= 0.6 is 0 Å². The molecule has 2 heteroatoms. The third-order valence-corrected chi connectivity index (χ3v) is 6.34. The van der Waals surface area contributed by atoms with Gasteiger partial charge in [0.05, 0.1) is 0 Å². The van der Waals surface area contributed by atoms with E-state index >= 15 is 0 Å². The molecule has 1 saturated heterocycles. The first-order valence-electron chi connectivity index (χ1n) is 8.73. The predicted octanol–water partition coefficient (Wildman–Crippen LogP) is 3.56. The molecule has 2 unspecified atom stereocenters. The summed E-state index contributed by atoms with van der Waals surface area (Å²) >= 11 is 0. The van der Waals surface area contributed by atoms with Crippen molar-refractivity contribution in [1.29, 1.82) is 0 Å². The molecule has 2 aliphatic carbocycles. The zero-order valence-corrected chi connectivity index (χ0v) is 12.8. The molecular weight excluding hydrogens is 232 g/mol. The zero-order chi connectivity index (χ0) is 13.1. The molecule has 3 fully saturated rings. The lowest BCUT2D eigenvalue weighted by atomic mass is 9.68. The van der Waals surface area contributed by atoms with Crippen LogP contribution in [0.4, 0.5) is 0 Å². The molecule has 0 radical (unpaired) electrons. The lowest BCUT2D eigenvalue weighted by molar-refractivity contribution is 0.0317. The van der Waals surface area contributed by atoms with Crippen molar-refractivity contribution in [3.63, 3.8) is 0 Å². The van der Waals surface area contributed by atoms with Gasteiger partial charge in [-0.2, -0.15) is 0 Å². The second-order valence-corrected chi connectivity index (χ2v) is 7.40. The third-order valence-electron chi connectivity index (χ3n) is 6.34. The van der Waals surface area contributed by atoms with Crippen LogP contribution in [0.5, 0.6) is 0 Å². The molecule has 110 valence electrons. The van der Waals surface area contributed by atoms with Gasteiger partial charge in [0.25, 0.3) is 0 Å². The summed E-state index contributed by atoms with van der Waals surface area (Å²) in [6.45, 7) is 2.78. The lowest BCUT2D eigenvalue weighted by Crippen LogP contribution is -2.49. The third kappa shape index (κ3) is 3.16. The van der Waals surface area contributed by atoms with E-state index in [1.54, 1.807) is 0 Å². The summed E-state index contributed by atoms with van der Waals surface area (Å²) in [6, 6.07) is 1.66. The minimum absolute atomic E-state index is 0.770. The van der Waals surface area contributed by atoms with Crippen molar-refractivity contribution in [1.82, 2.24) is 10.2 Å². The molecule has 0 aromatic heterocycles. The molecule has 2 saturated carbocycles. The molecule has 1 aliphatic heterocycles. The van der Waals surface area contributed by atoms with E-state index in [-0.39, 0.29) is 0 Å². The summed E-state index contributed by atoms with van der Waals surface area (Å²) in [6.07, 6.45) is 16.2. The van der Waals surface area contributed by atoms with Gasteiger partial charge in [-0.15, -0.1) is 0 Å². The molecular formula is C17H32N2. The molecule has 0 aromatic rings. The van der Waals surface area contributed by atoms with Gasteiger partial charge < -0.3 is 10.2 Å². The predicted molar refractivity (Wildman–Crippen MR) is 81.4 cm³/mol. The van der Waals surface area contributed by atoms with E-state index in [0.29, 0.717) is 0 Å². The average molecular weight is 264 g/mol. The summed E-state index contributed by atoms with van der Waals surface area (Å²) in [5.74, 6) is 0. The highest BCUT2D eigenvalue weighted by molar-refractivity contribution is 4.92. The number of hydrogen-bond acceptors (Lipinski definition) is 2. The number of nitrogens with zero attached hydrogens (tertiary/aromatic N) is 1. The largest absolute Gasteiger partial charge is 0.317 e. The van der Waals surface area contributed by atoms with Crippen LogP contribution in [0, 0.1) is 5.41 Å². The van der Waals surface area contributed by atoms with Gasteiger partial charge in [0, 0.05) is 12.1 Å². The monoisotopic (exact) mass is 264 g/mol. The molecule has 0 bridgehead atoms. The van der Waals surface area contributed by atoms with Crippen molar-refractivity contribution in [3.8, 4) is 0 Å². The number of rotatable bonds is 2. The van der Waals surface area contributed by atoms with Gasteiger partial charge in [0.2, 0.25) is 0 Å². The van der Waals surface area contributed by atoms with Crippen molar-refractivity contribution in [2.75, 3.05) is 20.1 Å². The van der Waals surface area contributed by atoms with Crippen molar-refractivity contribution in [2.24, 2.45) is 5.41 Å². The molecule has 1 heterocycles. The second-order valence-electron chi connectivity index (χ2n) is 7.40. The molecule has 1 N–H and O–H groups in total. The van der Waals surface area contributed by atoms with Gasteiger partial charge in [-0.3, -0.25) is 0 Å². The molecule has 2 nitrogen and oxygen atoms in total. The average Bonchev–Trinajstić information content (AvgIpc) is 2.49. The SMILES string of the molecule is CNC1CCCC(N2CCC3(CCCCC3)CC2)C1. The Bertz CT molecular complexity index is 273. The standard InChI is InChI=1S/C17H32N2/c1-18-15-6-5-7-16(14-15)19-12-10-17(11-13-19)8-3-2-4-9-17/h15-16,18H,2-14H2,1H3. The van der Waals surface area contributed by atoms with Gasteiger partial charge in [-0.05, 0) is 70.5 Å². The van der Waals surface area contributed by atoms with Crippen LogP contribution in [0.3, 0.4) is 0 Å². The highest BCUT2D eigenvalue weighted by Crippen LogP contribution is 2.45. The van der Waals surface area contributed by atoms with Crippen LogP contribution in [0.25, 0.3) is 0 Å². The number of likely N-dealkylation sites (tertiary alicyclic amines) is 1. The smallest absolute Gasteiger partial charge is 0.0110 e. The summed E-state index contributed by atoms with van der Waals surface area (Å²) < 4.78 is 0. The summed E-state index contributed by atoms with van der Waals surface area (Å²) in [5.41, 5.74) is 0.770. The van der Waals surface area contributed by atoms with E-state index in [9.17, 15) is 0 Å². The van der Waals surface area contributed by atoms with E-state index in [0.717, 1.165) is 17.5 Å². The van der Waals surface area contributed by atoms with Gasteiger partial charge in [0.15, 0.2) is 0 Å². The van der Waals surface area contributed by atoms with Crippen LogP contribution in [-0.2, 0) is 0 Å². The van der Waals surface area contributed by atoms with Crippen LogP contribution in [0.1, 0.15) is 70.6 Å². The minimum Gasteiger partial charge on any atom is -0.317 e. The quantitative estimate of drug-likeness (QED) is 0.820. The van der Waals surface area contributed by atoms with Crippen LogP contribution in [0.15, 0.2) is 0 Å². The lowest BCUT2D eigenvalue weighted by Gasteiger charge is -2.47. The fraction of sp³-hybridized carbons (Fsp3) is 1.00. The first kappa shape index (κ1) is 13.9. The van der Waals surface area contributed by atoms with Crippen LogP contribution in [-0.4, -0.2) is 37.1 Å². The van der Waals surface area contributed by atoms with Crippen molar-refractivity contribution < 1.29 is 0 Å². The Balaban J connectivity index is 1.52. The first-order chi connectivity index (χ1) is 9.31. The van der Waals surface area contributed by atoms with Gasteiger partial charge >= 0.3 is 0 Å². The van der Waals surface area contributed by atoms with Crippen molar-refractivity contribution >= 4 is 0 Å². The topological polar surface area (TPSA) is 15.3 Å². The Hall–Kier alpha value is -0.0800. The summed E-state index contributed by atoms with van der Waals surface area (Å²) in [4.78, 5) is 2.84. The normalized spacial score (nSPS) is 36.5. The molecule has 3 aliphatic rings. The Kier molecular flexibility index (Phi) is 4.48. The maximum atomic E-state index is 3.50. The van der Waals surface area contributed by atoms with E-state index in [2.05, 4.69) is 17.3 Å². The van der Waals surface area contributed by atoms with Gasteiger partial charge in [0.1, 0.15) is 0 Å². The number of hydrogen-bond donors (Lipinski definition) is 1. The molecule has 0 amide bonds. The molecule has 0 aromatic carbocycles. The van der Waals surface area contributed by atoms with E-state index < -0.39 is 0 Å². The molecule has 2 atom stereocenters. The molecule has 1 spiro atoms. The highest BCUT2D eigenvalue weighted by atomic mass is 15.2. The number of piperidine rings is 1. The Morgan fingerprint density at radius 1 is 0.895 bits per heavy atom. The second kappa shape index (κ2) is 6.13. The highest BCUT2D eigenvalue weighted by Gasteiger charge is 2.37. The van der Waals surface area contributed by atoms with Crippen LogP contribution in [0.2, 0.25) is 0 Å². The maximum absolute atomic E-state index is 3.50. The number of nitrogens with one attached hydrogen (secondary N) is 1. The van der Waals surface area contributed by atoms with Crippen molar-refractivity contribution in [2.45, 2.75) is 82.7 Å². The van der Waals surface area contributed by atoms with Gasteiger partial charge in [-0.25, -0.2) is 0 Å². The molecule has 19 heavy (non-hydrogen) atoms. The zero-order valence-electron chi connectivity index (χ0n) is 12.8. The fourth-order valence-electron chi connectivity index (χ4n) is 4.92. The minimum atomic E-state index is 0.770. The molecule has 3 rings (SSSR count). The van der Waals surface area contributed by atoms with Gasteiger partial charge in [-0.1, -0.05) is 25.7 Å². The maximum Gasteiger partial charge on any atom is 0.0110 e. The van der Waals surface area contributed by atoms with E-state index in [1.807, 2.05) is 0 Å². The Morgan fingerprint density at radius 2 is 1.63 bits per heavy atom. The Labute approximate surface area is 119 Å². The first-order valence-corrected chi connectivity index (χ1v) is 8.73. The van der Waals surface area contributed by atoms with Crippen LogP contribution < -0.4 is 5.32 Å². The van der Waals surface area contributed by atoms with Crippen molar-refractivity contribution in [3.05, 3.63) is 0 Å². The summed E-state index contributed by atoms with van der Waals surface area (Å²) in [5, 5.41) is 3.50. The Morgan fingerprint density at radius 3 is 2.32 bits per heavy atom. The fourth-order valence-corrected chi connectivity index (χ4v) is 4.92. The van der Waals surface area contributed by atoms with E-state index in [4.69, 9.17) is 0 Å².